The predicted molar refractivity (Wildman–Crippen MR) is 130 cm³/mol. The second-order valence-electron chi connectivity index (χ2n) is 7.78. The van der Waals surface area contributed by atoms with Gasteiger partial charge in [0.2, 0.25) is 0 Å². The summed E-state index contributed by atoms with van der Waals surface area (Å²) in [4.78, 5) is 25.3. The lowest BCUT2D eigenvalue weighted by molar-refractivity contribution is -0.134. The maximum atomic E-state index is 13.3. The fraction of sp³-hybridized carbons (Fsp3) is 0.160. The topological polar surface area (TPSA) is 147 Å². The minimum atomic E-state index is -2.05. The van der Waals surface area contributed by atoms with Gasteiger partial charge in [-0.25, -0.2) is 16.1 Å². The van der Waals surface area contributed by atoms with E-state index in [1.165, 1.54) is 0 Å². The largest absolute Gasteiger partial charge is 0.497 e. The van der Waals surface area contributed by atoms with Crippen LogP contribution in [0.1, 0.15) is 22.6 Å². The zero-order chi connectivity index (χ0) is 25.0. The first kappa shape index (κ1) is 23.7. The molecule has 0 fully saturated rings. The first-order chi connectivity index (χ1) is 16.9. The van der Waals surface area contributed by atoms with Gasteiger partial charge >= 0.3 is 6.03 Å². The number of hydrazine groups is 1. The molecular formula is C25H25N5O5. The highest BCUT2D eigenvalue weighted by Crippen LogP contribution is 2.47. The summed E-state index contributed by atoms with van der Waals surface area (Å²) in [7, 11) is 3.08. The molecule has 35 heavy (non-hydrogen) atoms. The first-order valence-electron chi connectivity index (χ1n) is 10.7. The Balaban J connectivity index is 1.96. The number of benzene rings is 3. The minimum Gasteiger partial charge on any atom is -0.497 e. The van der Waals surface area contributed by atoms with Gasteiger partial charge in [-0.15, -0.1) is 0 Å². The van der Waals surface area contributed by atoms with Crippen molar-refractivity contribution in [1.29, 1.82) is 0 Å². The molecule has 3 aromatic rings. The smallest absolute Gasteiger partial charge is 0.349 e. The van der Waals surface area contributed by atoms with Crippen LogP contribution in [-0.2, 0) is 10.4 Å². The lowest BCUT2D eigenvalue weighted by Gasteiger charge is -2.33. The number of rotatable bonds is 7. The third kappa shape index (κ3) is 4.39. The number of fused-ring (bicyclic) bond motifs is 1. The van der Waals surface area contributed by atoms with E-state index in [0.29, 0.717) is 33.9 Å². The molecule has 2 atom stereocenters. The van der Waals surface area contributed by atoms with Crippen LogP contribution in [0.25, 0.3) is 0 Å². The summed E-state index contributed by atoms with van der Waals surface area (Å²) in [5.74, 6) is 4.75. The van der Waals surface area contributed by atoms with E-state index in [4.69, 9.17) is 15.3 Å². The van der Waals surface area contributed by atoms with Crippen LogP contribution in [0.15, 0.2) is 77.9 Å². The number of amides is 3. The van der Waals surface area contributed by atoms with Gasteiger partial charge in [-0.2, -0.15) is 5.10 Å². The van der Waals surface area contributed by atoms with Crippen LogP contribution in [0.2, 0.25) is 0 Å². The number of carbonyl (C=O) groups excluding carboxylic acids is 2. The number of nitrogens with two attached hydrogens (primary N) is 1. The number of ether oxygens (including phenoxy) is 2. The van der Waals surface area contributed by atoms with Crippen LogP contribution in [0.5, 0.6) is 11.5 Å². The fourth-order valence-electron chi connectivity index (χ4n) is 4.15. The zero-order valence-electron chi connectivity index (χ0n) is 19.1. The summed E-state index contributed by atoms with van der Waals surface area (Å²) in [6, 6.07) is 19.9. The number of anilines is 1. The van der Waals surface area contributed by atoms with Crippen LogP contribution in [-0.4, -0.2) is 37.0 Å². The number of hydrogen-bond acceptors (Lipinski definition) is 7. The van der Waals surface area contributed by atoms with Gasteiger partial charge in [0.05, 0.1) is 25.8 Å². The van der Waals surface area contributed by atoms with Crippen molar-refractivity contribution in [2.24, 2.45) is 10.9 Å². The molecule has 0 aliphatic carbocycles. The summed E-state index contributed by atoms with van der Waals surface area (Å²) in [5, 5.41) is 19.2. The summed E-state index contributed by atoms with van der Waals surface area (Å²) in [6.07, 6.45) is 0. The van der Waals surface area contributed by atoms with Crippen LogP contribution >= 0.6 is 0 Å². The molecule has 3 aromatic carbocycles. The predicted octanol–water partition coefficient (Wildman–Crippen LogP) is 2.20. The lowest BCUT2D eigenvalue weighted by atomic mass is 9.73. The number of nitrogens with one attached hydrogen (secondary N) is 3. The highest BCUT2D eigenvalue weighted by molar-refractivity contribution is 6.14. The average molecular weight is 476 g/mol. The SMILES string of the molecule is COc1ccc(/C(=N\NC(=O)NN)C(c2ccc(OC)cc2)C2(O)C(=O)Nc3ccccc32)cc1. The van der Waals surface area contributed by atoms with Gasteiger partial charge in [0.25, 0.3) is 5.91 Å². The van der Waals surface area contributed by atoms with E-state index < -0.39 is 23.5 Å². The second-order valence-corrected chi connectivity index (χ2v) is 7.78. The fourth-order valence-corrected chi connectivity index (χ4v) is 4.15. The Labute approximate surface area is 201 Å². The molecule has 1 aliphatic heterocycles. The van der Waals surface area contributed by atoms with Gasteiger partial charge in [0.1, 0.15) is 11.5 Å². The number of urea groups is 1. The van der Waals surface area contributed by atoms with Gasteiger partial charge in [-0.3, -0.25) is 10.2 Å². The van der Waals surface area contributed by atoms with E-state index in [1.807, 2.05) is 5.43 Å². The number of carbonyl (C=O) groups is 2. The highest BCUT2D eigenvalue weighted by Gasteiger charge is 2.53. The minimum absolute atomic E-state index is 0.218. The third-order valence-corrected chi connectivity index (χ3v) is 5.87. The molecule has 1 heterocycles. The molecule has 10 nitrogen and oxygen atoms in total. The second kappa shape index (κ2) is 9.84. The number of hydrazone groups is 1. The van der Waals surface area contributed by atoms with Crippen LogP contribution < -0.4 is 31.5 Å². The molecule has 0 radical (unpaired) electrons. The van der Waals surface area contributed by atoms with Gasteiger partial charge in [-0.1, -0.05) is 30.3 Å². The Hall–Kier alpha value is -4.41. The van der Waals surface area contributed by atoms with E-state index >= 15 is 0 Å². The summed E-state index contributed by atoms with van der Waals surface area (Å²) in [5.41, 5.74) is 4.41. The Morgan fingerprint density at radius 3 is 2.20 bits per heavy atom. The monoisotopic (exact) mass is 475 g/mol. The molecule has 4 rings (SSSR count). The molecule has 10 heteroatoms. The zero-order valence-corrected chi connectivity index (χ0v) is 19.1. The number of aliphatic hydroxyl groups is 1. The van der Waals surface area contributed by atoms with Crippen molar-refractivity contribution < 1.29 is 24.2 Å². The van der Waals surface area contributed by atoms with Crippen molar-refractivity contribution >= 4 is 23.3 Å². The molecule has 0 aromatic heterocycles. The van der Waals surface area contributed by atoms with Gasteiger partial charge in [0, 0.05) is 11.3 Å². The van der Waals surface area contributed by atoms with Crippen LogP contribution in [0, 0.1) is 0 Å². The van der Waals surface area contributed by atoms with Gasteiger partial charge in [0.15, 0.2) is 5.60 Å². The molecule has 1 aliphatic rings. The van der Waals surface area contributed by atoms with Crippen molar-refractivity contribution in [3.05, 3.63) is 89.5 Å². The Morgan fingerprint density at radius 2 is 1.60 bits per heavy atom. The van der Waals surface area contributed by atoms with Crippen molar-refractivity contribution in [1.82, 2.24) is 10.9 Å². The lowest BCUT2D eigenvalue weighted by Crippen LogP contribution is -2.45. The van der Waals surface area contributed by atoms with E-state index in [9.17, 15) is 14.7 Å². The molecule has 3 amide bonds. The molecule has 180 valence electrons. The molecule has 2 unspecified atom stereocenters. The Morgan fingerprint density at radius 1 is 1.00 bits per heavy atom. The van der Waals surface area contributed by atoms with Crippen molar-refractivity contribution in [2.45, 2.75) is 11.5 Å². The summed E-state index contributed by atoms with van der Waals surface area (Å²) in [6.45, 7) is 0. The maximum Gasteiger partial charge on any atom is 0.349 e. The van der Waals surface area contributed by atoms with E-state index in [0.717, 1.165) is 0 Å². The van der Waals surface area contributed by atoms with Gasteiger partial charge < -0.3 is 19.9 Å². The third-order valence-electron chi connectivity index (χ3n) is 5.87. The van der Waals surface area contributed by atoms with Crippen molar-refractivity contribution in [2.75, 3.05) is 19.5 Å². The van der Waals surface area contributed by atoms with E-state index in [1.54, 1.807) is 87.0 Å². The maximum absolute atomic E-state index is 13.3. The van der Waals surface area contributed by atoms with Crippen LogP contribution in [0.3, 0.4) is 0 Å². The standard InChI is InChI=1S/C25H25N5O5/c1-34-17-11-7-15(8-12-17)21(25(33)19-5-3-4-6-20(19)27-23(25)31)22(29-30-24(32)28-26)16-9-13-18(35-2)14-10-16/h3-14,21,33H,26H2,1-2H3,(H,27,31)(H2,28,30,32)/b29-22+. The normalized spacial score (nSPS) is 17.7. The molecule has 0 spiro atoms. The molecular weight excluding hydrogens is 450 g/mol. The average Bonchev–Trinajstić information content (AvgIpc) is 3.16. The number of methoxy groups -OCH3 is 2. The van der Waals surface area contributed by atoms with Crippen LogP contribution in [0.4, 0.5) is 10.5 Å². The Bertz CT molecular complexity index is 1260. The quantitative estimate of drug-likeness (QED) is 0.153. The molecule has 0 bridgehead atoms. The Kier molecular flexibility index (Phi) is 6.67. The van der Waals surface area contributed by atoms with E-state index in [-0.39, 0.29) is 5.71 Å². The van der Waals surface area contributed by atoms with Gasteiger partial charge in [-0.05, 0) is 53.6 Å². The van der Waals surface area contributed by atoms with E-state index in [2.05, 4.69) is 15.8 Å². The number of hydrogen-bond donors (Lipinski definition) is 5. The molecule has 6 N–H and O–H groups in total. The number of para-hydroxylation sites is 1. The highest BCUT2D eigenvalue weighted by atomic mass is 16.5. The van der Waals surface area contributed by atoms with Crippen molar-refractivity contribution in [3.8, 4) is 11.5 Å². The number of nitrogens with zero attached hydrogens (tertiary/aromatic N) is 1. The summed E-state index contributed by atoms with van der Waals surface area (Å²) >= 11 is 0. The molecule has 0 saturated carbocycles. The first-order valence-corrected chi connectivity index (χ1v) is 10.7. The molecule has 0 saturated heterocycles. The summed E-state index contributed by atoms with van der Waals surface area (Å²) < 4.78 is 10.5. The van der Waals surface area contributed by atoms with Crippen molar-refractivity contribution in [3.63, 3.8) is 0 Å².